The summed E-state index contributed by atoms with van der Waals surface area (Å²) >= 11 is 0. The molecule has 6 nitrogen and oxygen atoms in total. The lowest BCUT2D eigenvalue weighted by Crippen LogP contribution is -2.34. The number of hydrogen-bond donors (Lipinski definition) is 2. The van der Waals surface area contributed by atoms with Crippen molar-refractivity contribution in [2.75, 3.05) is 17.5 Å². The molecule has 2 aromatic rings. The molecule has 1 aromatic heterocycles. The van der Waals surface area contributed by atoms with Crippen LogP contribution in [0.3, 0.4) is 0 Å². The molecule has 2 N–H and O–H groups in total. The maximum atomic E-state index is 13.4. The van der Waals surface area contributed by atoms with Crippen LogP contribution in [0.25, 0.3) is 0 Å². The van der Waals surface area contributed by atoms with E-state index in [1.165, 1.54) is 24.4 Å². The average Bonchev–Trinajstić information content (AvgIpc) is 2.95. The van der Waals surface area contributed by atoms with Crippen molar-refractivity contribution in [2.45, 2.75) is 24.8 Å². The van der Waals surface area contributed by atoms with Crippen LogP contribution in [0.1, 0.15) is 25.6 Å². The van der Waals surface area contributed by atoms with E-state index in [1.807, 2.05) is 13.8 Å². The Balaban J connectivity index is 2.45. The van der Waals surface area contributed by atoms with Crippen LogP contribution < -0.4 is 4.31 Å². The second-order valence-corrected chi connectivity index (χ2v) is 6.90. The van der Waals surface area contributed by atoms with Crippen molar-refractivity contribution < 1.29 is 17.9 Å². The molecule has 120 valence electrons. The van der Waals surface area contributed by atoms with Gasteiger partial charge >= 0.3 is 0 Å². The number of sulfonamides is 1. The van der Waals surface area contributed by atoms with Gasteiger partial charge in [-0.15, -0.1) is 0 Å². The van der Waals surface area contributed by atoms with Gasteiger partial charge in [0.25, 0.3) is 10.0 Å². The Hall–Kier alpha value is -1.93. The maximum Gasteiger partial charge on any atom is 0.281 e. The van der Waals surface area contributed by atoms with Gasteiger partial charge in [-0.3, -0.25) is 4.31 Å². The molecule has 0 atom stereocenters. The van der Waals surface area contributed by atoms with Crippen molar-refractivity contribution in [2.24, 2.45) is 0 Å². The van der Waals surface area contributed by atoms with E-state index in [0.717, 1.165) is 10.4 Å². The molecule has 0 saturated carbocycles. The van der Waals surface area contributed by atoms with Gasteiger partial charge in [0.15, 0.2) is 5.03 Å². The van der Waals surface area contributed by atoms with Crippen molar-refractivity contribution in [1.82, 2.24) is 9.97 Å². The van der Waals surface area contributed by atoms with E-state index in [2.05, 4.69) is 9.97 Å². The van der Waals surface area contributed by atoms with Gasteiger partial charge in [0.05, 0.1) is 25.0 Å². The smallest absolute Gasteiger partial charge is 0.281 e. The molecule has 0 saturated heterocycles. The zero-order valence-electron chi connectivity index (χ0n) is 12.3. The number of nitrogens with one attached hydrogen (secondary N) is 1. The average molecular weight is 327 g/mol. The molecule has 0 radical (unpaired) electrons. The van der Waals surface area contributed by atoms with Gasteiger partial charge in [0, 0.05) is 5.92 Å². The number of aliphatic hydroxyl groups is 1. The molecule has 0 bridgehead atoms. The van der Waals surface area contributed by atoms with Crippen molar-refractivity contribution in [3.8, 4) is 0 Å². The summed E-state index contributed by atoms with van der Waals surface area (Å²) in [7, 11) is -3.96. The van der Waals surface area contributed by atoms with Crippen molar-refractivity contribution in [1.29, 1.82) is 0 Å². The van der Waals surface area contributed by atoms with Gasteiger partial charge in [-0.2, -0.15) is 8.42 Å². The third-order valence-corrected chi connectivity index (χ3v) is 4.82. The Kier molecular flexibility index (Phi) is 4.82. The standard InChI is InChI=1S/C14H18FN3O3S/c1-10(2)14-16-9-13(17-14)22(20,21)18(6-7-19)12-5-3-4-11(15)8-12/h3-5,8-10,19H,6-7H2,1-2H3,(H,16,17). The maximum absolute atomic E-state index is 13.4. The number of benzene rings is 1. The van der Waals surface area contributed by atoms with E-state index in [1.54, 1.807) is 0 Å². The molecular weight excluding hydrogens is 309 g/mol. The SMILES string of the molecule is CC(C)c1ncc(S(=O)(=O)N(CCO)c2cccc(F)c2)[nH]1. The van der Waals surface area contributed by atoms with Crippen molar-refractivity contribution in [3.05, 3.63) is 42.1 Å². The van der Waals surface area contributed by atoms with E-state index < -0.39 is 15.8 Å². The number of aromatic nitrogens is 2. The zero-order chi connectivity index (χ0) is 16.3. The monoisotopic (exact) mass is 327 g/mol. The van der Waals surface area contributed by atoms with Crippen LogP contribution in [0.4, 0.5) is 10.1 Å². The van der Waals surface area contributed by atoms with E-state index in [9.17, 15) is 12.8 Å². The fourth-order valence-corrected chi connectivity index (χ4v) is 3.34. The predicted molar refractivity (Wildman–Crippen MR) is 80.7 cm³/mol. The van der Waals surface area contributed by atoms with Crippen molar-refractivity contribution in [3.63, 3.8) is 0 Å². The Morgan fingerprint density at radius 2 is 2.14 bits per heavy atom. The topological polar surface area (TPSA) is 86.3 Å². The number of aromatic amines is 1. The number of aliphatic hydroxyl groups excluding tert-OH is 1. The van der Waals surface area contributed by atoms with Crippen LogP contribution in [-0.4, -0.2) is 36.6 Å². The molecule has 2 rings (SSSR count). The summed E-state index contributed by atoms with van der Waals surface area (Å²) in [5, 5.41) is 9.06. The first kappa shape index (κ1) is 16.4. The number of H-pyrrole nitrogens is 1. The molecule has 0 amide bonds. The van der Waals surface area contributed by atoms with Gasteiger partial charge in [-0.1, -0.05) is 19.9 Å². The normalized spacial score (nSPS) is 11.9. The minimum atomic E-state index is -3.96. The Morgan fingerprint density at radius 1 is 1.41 bits per heavy atom. The highest BCUT2D eigenvalue weighted by Crippen LogP contribution is 2.24. The second-order valence-electron chi connectivity index (χ2n) is 5.07. The third kappa shape index (κ3) is 3.28. The number of nitrogens with zero attached hydrogens (tertiary/aromatic N) is 2. The van der Waals surface area contributed by atoms with Gasteiger partial charge in [-0.25, -0.2) is 9.37 Å². The van der Waals surface area contributed by atoms with Gasteiger partial charge < -0.3 is 10.1 Å². The van der Waals surface area contributed by atoms with Crippen LogP contribution in [0.2, 0.25) is 0 Å². The fourth-order valence-electron chi connectivity index (χ4n) is 1.97. The van der Waals surface area contributed by atoms with Gasteiger partial charge in [0.1, 0.15) is 11.6 Å². The highest BCUT2D eigenvalue weighted by atomic mass is 32.2. The quantitative estimate of drug-likeness (QED) is 0.848. The Labute approximate surface area is 128 Å². The molecule has 1 aromatic carbocycles. The fraction of sp³-hybridized carbons (Fsp3) is 0.357. The first-order valence-electron chi connectivity index (χ1n) is 6.80. The molecule has 8 heteroatoms. The van der Waals surface area contributed by atoms with Crippen LogP contribution >= 0.6 is 0 Å². The second kappa shape index (κ2) is 6.45. The molecule has 0 aliphatic heterocycles. The number of rotatable bonds is 6. The summed E-state index contributed by atoms with van der Waals surface area (Å²) in [5.74, 6) is 0.0364. The molecule has 0 unspecified atom stereocenters. The van der Waals surface area contributed by atoms with Gasteiger partial charge in [-0.05, 0) is 18.2 Å². The first-order valence-corrected chi connectivity index (χ1v) is 8.24. The summed E-state index contributed by atoms with van der Waals surface area (Å²) in [4.78, 5) is 6.80. The molecule has 22 heavy (non-hydrogen) atoms. The number of imidazole rings is 1. The number of anilines is 1. The zero-order valence-corrected chi connectivity index (χ0v) is 13.1. The molecule has 0 aliphatic carbocycles. The van der Waals surface area contributed by atoms with Crippen LogP contribution in [-0.2, 0) is 10.0 Å². The summed E-state index contributed by atoms with van der Waals surface area (Å²) in [5.41, 5.74) is 0.148. The summed E-state index contributed by atoms with van der Waals surface area (Å²) in [6.45, 7) is 3.20. The number of hydrogen-bond acceptors (Lipinski definition) is 4. The van der Waals surface area contributed by atoms with Crippen LogP contribution in [0.15, 0.2) is 35.5 Å². The molecular formula is C14H18FN3O3S. The Morgan fingerprint density at radius 3 is 2.68 bits per heavy atom. The highest BCUT2D eigenvalue weighted by Gasteiger charge is 2.27. The number of halogens is 1. The largest absolute Gasteiger partial charge is 0.394 e. The summed E-state index contributed by atoms with van der Waals surface area (Å²) in [6, 6.07) is 5.21. The first-order chi connectivity index (χ1) is 10.4. The van der Waals surface area contributed by atoms with E-state index >= 15 is 0 Å². The van der Waals surface area contributed by atoms with Gasteiger partial charge in [0.2, 0.25) is 0 Å². The molecule has 0 aliphatic rings. The van der Waals surface area contributed by atoms with E-state index in [0.29, 0.717) is 5.82 Å². The minimum Gasteiger partial charge on any atom is -0.394 e. The summed E-state index contributed by atoms with van der Waals surface area (Å²) < 4.78 is 39.7. The third-order valence-electron chi connectivity index (χ3n) is 3.09. The van der Waals surface area contributed by atoms with E-state index in [-0.39, 0.29) is 29.8 Å². The lowest BCUT2D eigenvalue weighted by molar-refractivity contribution is 0.306. The lowest BCUT2D eigenvalue weighted by Gasteiger charge is -2.22. The minimum absolute atomic E-state index is 0.0458. The Bertz CT molecular complexity index is 743. The molecule has 1 heterocycles. The lowest BCUT2D eigenvalue weighted by atomic mass is 10.2. The van der Waals surface area contributed by atoms with Crippen LogP contribution in [0, 0.1) is 5.82 Å². The summed E-state index contributed by atoms with van der Waals surface area (Å²) in [6.07, 6.45) is 1.23. The van der Waals surface area contributed by atoms with E-state index in [4.69, 9.17) is 5.11 Å². The molecule has 0 fully saturated rings. The van der Waals surface area contributed by atoms with Crippen molar-refractivity contribution >= 4 is 15.7 Å². The molecule has 0 spiro atoms. The van der Waals surface area contributed by atoms with Crippen LogP contribution in [0.5, 0.6) is 0 Å². The highest BCUT2D eigenvalue weighted by molar-refractivity contribution is 7.92. The predicted octanol–water partition coefficient (Wildman–Crippen LogP) is 1.86.